The van der Waals surface area contributed by atoms with Gasteiger partial charge in [0, 0.05) is 11.8 Å². The SMILES string of the molecule is CC(C)c1cccc(C(C)C)c1N=C(CCc1ccccc1)c1cccnc1C(CCc1ccccc1)=Nc1c(C(C)C)cccc1C(C)C. The fourth-order valence-electron chi connectivity index (χ4n) is 6.71. The second-order valence-corrected chi connectivity index (χ2v) is 14.7. The van der Waals surface area contributed by atoms with Gasteiger partial charge in [0.1, 0.15) is 0 Å². The van der Waals surface area contributed by atoms with Crippen molar-refractivity contribution in [3.8, 4) is 0 Å². The van der Waals surface area contributed by atoms with Crippen LogP contribution in [0.2, 0.25) is 0 Å². The molecule has 3 heteroatoms. The molecule has 0 saturated carbocycles. The van der Waals surface area contributed by atoms with Crippen molar-refractivity contribution < 1.29 is 0 Å². The summed E-state index contributed by atoms with van der Waals surface area (Å²) in [5.74, 6) is 1.38. The molecule has 1 aromatic heterocycles. The minimum absolute atomic E-state index is 0.344. The standard InChI is InChI=1S/C47H55N3/c1-32(2)38-22-15-23-39(33(3)4)45(38)49-43(29-27-36-18-11-9-12-19-36)42-26-17-31-48-47(42)44(30-28-37-20-13-10-14-21-37)50-46-40(34(5)6)24-16-25-41(46)35(7)8/h9-26,31-35H,27-30H2,1-8H3. The van der Waals surface area contributed by atoms with Crippen LogP contribution < -0.4 is 0 Å². The third-order valence-electron chi connectivity index (χ3n) is 9.56. The van der Waals surface area contributed by atoms with Crippen LogP contribution in [0.1, 0.15) is 137 Å². The van der Waals surface area contributed by atoms with E-state index in [2.05, 4.69) is 165 Å². The maximum absolute atomic E-state index is 5.67. The van der Waals surface area contributed by atoms with Crippen molar-refractivity contribution in [1.82, 2.24) is 4.98 Å². The van der Waals surface area contributed by atoms with Crippen LogP contribution in [0.15, 0.2) is 125 Å². The van der Waals surface area contributed by atoms with E-state index in [0.717, 1.165) is 59.7 Å². The molecule has 0 amide bonds. The highest BCUT2D eigenvalue weighted by Gasteiger charge is 2.21. The van der Waals surface area contributed by atoms with E-state index < -0.39 is 0 Å². The summed E-state index contributed by atoms with van der Waals surface area (Å²) in [6.45, 7) is 18.1. The molecule has 0 saturated heterocycles. The van der Waals surface area contributed by atoms with Crippen molar-refractivity contribution in [3.05, 3.63) is 160 Å². The van der Waals surface area contributed by atoms with Gasteiger partial charge in [-0.1, -0.05) is 152 Å². The highest BCUT2D eigenvalue weighted by molar-refractivity contribution is 6.13. The summed E-state index contributed by atoms with van der Waals surface area (Å²) in [7, 11) is 0. The molecule has 0 aliphatic carbocycles. The van der Waals surface area contributed by atoms with Gasteiger partial charge in [-0.3, -0.25) is 15.0 Å². The third kappa shape index (κ3) is 9.13. The second-order valence-electron chi connectivity index (χ2n) is 14.7. The molecule has 0 spiro atoms. The van der Waals surface area contributed by atoms with Crippen molar-refractivity contribution in [1.29, 1.82) is 0 Å². The number of hydrogen-bond acceptors (Lipinski definition) is 3. The van der Waals surface area contributed by atoms with E-state index in [1.165, 1.54) is 33.4 Å². The molecule has 5 aromatic rings. The summed E-state index contributed by atoms with van der Waals surface area (Å²) in [5, 5.41) is 0. The summed E-state index contributed by atoms with van der Waals surface area (Å²) in [6, 6.07) is 39.1. The Morgan fingerprint density at radius 1 is 0.460 bits per heavy atom. The average molecular weight is 662 g/mol. The lowest BCUT2D eigenvalue weighted by Gasteiger charge is -2.20. The molecule has 4 aromatic carbocycles. The molecule has 0 radical (unpaired) electrons. The first-order valence-electron chi connectivity index (χ1n) is 18.6. The number of rotatable bonds is 14. The largest absolute Gasteiger partial charge is 0.254 e. The average Bonchev–Trinajstić information content (AvgIpc) is 3.12. The first-order chi connectivity index (χ1) is 24.1. The Bertz CT molecular complexity index is 1700. The van der Waals surface area contributed by atoms with E-state index in [9.17, 15) is 0 Å². The fourth-order valence-corrected chi connectivity index (χ4v) is 6.71. The monoisotopic (exact) mass is 661 g/mol. The Labute approximate surface area is 301 Å². The minimum atomic E-state index is 0.344. The predicted octanol–water partition coefficient (Wildman–Crippen LogP) is 13.1. The van der Waals surface area contributed by atoms with Gasteiger partial charge in [-0.25, -0.2) is 0 Å². The van der Waals surface area contributed by atoms with Gasteiger partial charge >= 0.3 is 0 Å². The van der Waals surface area contributed by atoms with Crippen molar-refractivity contribution >= 4 is 22.8 Å². The number of hydrogen-bond donors (Lipinski definition) is 0. The Kier molecular flexibility index (Phi) is 12.7. The number of aliphatic imine (C=N–C) groups is 2. The highest BCUT2D eigenvalue weighted by atomic mass is 14.8. The zero-order valence-corrected chi connectivity index (χ0v) is 31.4. The van der Waals surface area contributed by atoms with Gasteiger partial charge in [-0.05, 0) is 94.9 Å². The topological polar surface area (TPSA) is 37.6 Å². The van der Waals surface area contributed by atoms with Crippen LogP contribution in [-0.2, 0) is 12.8 Å². The predicted molar refractivity (Wildman–Crippen MR) is 215 cm³/mol. The van der Waals surface area contributed by atoms with E-state index in [1.807, 2.05) is 6.20 Å². The number of benzene rings is 4. The summed E-state index contributed by atoms with van der Waals surface area (Å²) in [4.78, 5) is 16.5. The molecule has 1 heterocycles. The van der Waals surface area contributed by atoms with Crippen LogP contribution >= 0.6 is 0 Å². The zero-order valence-electron chi connectivity index (χ0n) is 31.4. The lowest BCUT2D eigenvalue weighted by molar-refractivity contribution is 0.833. The van der Waals surface area contributed by atoms with Gasteiger partial charge in [-0.15, -0.1) is 0 Å². The summed E-state index contributed by atoms with van der Waals surface area (Å²) in [6.07, 6.45) is 5.24. The number of pyridine rings is 1. The van der Waals surface area contributed by atoms with E-state index in [-0.39, 0.29) is 0 Å². The normalized spacial score (nSPS) is 12.5. The van der Waals surface area contributed by atoms with Gasteiger partial charge in [0.2, 0.25) is 0 Å². The smallest absolute Gasteiger partial charge is 0.0935 e. The molecular formula is C47H55N3. The molecule has 5 rings (SSSR count). The van der Waals surface area contributed by atoms with E-state index >= 15 is 0 Å². The number of aromatic nitrogens is 1. The van der Waals surface area contributed by atoms with Crippen LogP contribution in [-0.4, -0.2) is 16.4 Å². The van der Waals surface area contributed by atoms with Gasteiger partial charge in [0.15, 0.2) is 0 Å². The molecule has 0 aliphatic rings. The maximum atomic E-state index is 5.67. The van der Waals surface area contributed by atoms with Gasteiger partial charge < -0.3 is 0 Å². The van der Waals surface area contributed by atoms with Crippen LogP contribution in [0.5, 0.6) is 0 Å². The Morgan fingerprint density at radius 2 is 0.860 bits per heavy atom. The zero-order chi connectivity index (χ0) is 35.6. The van der Waals surface area contributed by atoms with E-state index in [4.69, 9.17) is 15.0 Å². The maximum Gasteiger partial charge on any atom is 0.0935 e. The fraction of sp³-hybridized carbons (Fsp3) is 0.340. The summed E-state index contributed by atoms with van der Waals surface area (Å²) in [5.41, 5.74) is 14.0. The molecule has 0 N–H and O–H groups in total. The molecule has 0 unspecified atom stereocenters. The lowest BCUT2D eigenvalue weighted by Crippen LogP contribution is -2.15. The van der Waals surface area contributed by atoms with E-state index in [1.54, 1.807) is 0 Å². The summed E-state index contributed by atoms with van der Waals surface area (Å²) >= 11 is 0. The molecular weight excluding hydrogens is 607 g/mol. The first kappa shape index (κ1) is 36.6. The molecule has 50 heavy (non-hydrogen) atoms. The van der Waals surface area contributed by atoms with Gasteiger partial charge in [-0.2, -0.15) is 0 Å². The lowest BCUT2D eigenvalue weighted by atomic mass is 9.91. The number of aryl methyl sites for hydroxylation is 2. The van der Waals surface area contributed by atoms with Crippen LogP contribution in [0.25, 0.3) is 0 Å². The molecule has 0 atom stereocenters. The van der Waals surface area contributed by atoms with Crippen molar-refractivity contribution in [2.24, 2.45) is 9.98 Å². The summed E-state index contributed by atoms with van der Waals surface area (Å²) < 4.78 is 0. The molecule has 258 valence electrons. The van der Waals surface area contributed by atoms with Gasteiger partial charge in [0.25, 0.3) is 0 Å². The molecule has 0 aliphatic heterocycles. The van der Waals surface area contributed by atoms with Crippen LogP contribution in [0.3, 0.4) is 0 Å². The molecule has 0 bridgehead atoms. The van der Waals surface area contributed by atoms with Crippen molar-refractivity contribution in [2.75, 3.05) is 0 Å². The van der Waals surface area contributed by atoms with E-state index in [0.29, 0.717) is 23.7 Å². The molecule has 3 nitrogen and oxygen atoms in total. The third-order valence-corrected chi connectivity index (χ3v) is 9.56. The molecule has 0 fully saturated rings. The minimum Gasteiger partial charge on any atom is -0.254 e. The first-order valence-corrected chi connectivity index (χ1v) is 18.6. The number of nitrogens with zero attached hydrogens (tertiary/aromatic N) is 3. The number of para-hydroxylation sites is 2. The van der Waals surface area contributed by atoms with Gasteiger partial charge in [0.05, 0.1) is 28.5 Å². The Balaban J connectivity index is 1.75. The van der Waals surface area contributed by atoms with Crippen LogP contribution in [0.4, 0.5) is 11.4 Å². The Hall–Kier alpha value is -4.63. The Morgan fingerprint density at radius 3 is 1.28 bits per heavy atom. The van der Waals surface area contributed by atoms with Crippen molar-refractivity contribution in [2.45, 2.75) is 105 Å². The quantitative estimate of drug-likeness (QED) is 0.109. The van der Waals surface area contributed by atoms with Crippen LogP contribution in [0, 0.1) is 0 Å². The highest BCUT2D eigenvalue weighted by Crippen LogP contribution is 2.38. The van der Waals surface area contributed by atoms with Crippen molar-refractivity contribution in [3.63, 3.8) is 0 Å². The second kappa shape index (κ2) is 17.3.